The Morgan fingerprint density at radius 3 is 2.11 bits per heavy atom. The molecule has 0 aliphatic heterocycles. The van der Waals surface area contributed by atoms with Crippen LogP contribution in [0.25, 0.3) is 21.8 Å². The predicted molar refractivity (Wildman–Crippen MR) is 90.0 cm³/mol. The van der Waals surface area contributed by atoms with Crippen molar-refractivity contribution in [2.75, 3.05) is 14.2 Å². The molecule has 0 unspecified atom stereocenters. The highest BCUT2D eigenvalue weighted by molar-refractivity contribution is 6.20. The molecular weight excluding hydrogens is 364 g/mol. The first-order valence-corrected chi connectivity index (χ1v) is 7.24. The van der Waals surface area contributed by atoms with Crippen LogP contribution < -0.4 is 9.47 Å². The number of ether oxygens (including phenoxy) is 2. The quantitative estimate of drug-likeness (QED) is 0.595. The molecule has 3 N–H and O–H groups in total. The van der Waals surface area contributed by atoms with Crippen molar-refractivity contribution in [2.24, 2.45) is 0 Å². The molecular formula is C16H11N2O9-. The Balaban J connectivity index is 2.72. The van der Waals surface area contributed by atoms with Crippen molar-refractivity contribution in [1.82, 2.24) is 9.71 Å². The van der Waals surface area contributed by atoms with Gasteiger partial charge in [0, 0.05) is 10.8 Å². The summed E-state index contributed by atoms with van der Waals surface area (Å²) >= 11 is 0. The molecule has 0 spiro atoms. The summed E-state index contributed by atoms with van der Waals surface area (Å²) < 4.78 is 10.4. The van der Waals surface area contributed by atoms with Gasteiger partial charge in [0.2, 0.25) is 0 Å². The van der Waals surface area contributed by atoms with Crippen molar-refractivity contribution >= 4 is 39.7 Å². The van der Waals surface area contributed by atoms with E-state index < -0.39 is 34.9 Å². The molecule has 0 saturated heterocycles. The number of rotatable bonds is 5. The zero-order valence-corrected chi connectivity index (χ0v) is 13.8. The van der Waals surface area contributed by atoms with Crippen molar-refractivity contribution in [1.29, 1.82) is 0 Å². The van der Waals surface area contributed by atoms with Gasteiger partial charge in [0.05, 0.1) is 25.3 Å². The molecule has 0 fully saturated rings. The van der Waals surface area contributed by atoms with E-state index in [2.05, 4.69) is 4.98 Å². The maximum atomic E-state index is 12.5. The maximum Gasteiger partial charge on any atom is 0.354 e. The van der Waals surface area contributed by atoms with Gasteiger partial charge in [-0.2, -0.15) is 0 Å². The van der Waals surface area contributed by atoms with Crippen molar-refractivity contribution in [2.45, 2.75) is 0 Å². The van der Waals surface area contributed by atoms with E-state index in [1.165, 1.54) is 14.2 Å². The zero-order chi connectivity index (χ0) is 20.0. The van der Waals surface area contributed by atoms with Gasteiger partial charge >= 0.3 is 17.9 Å². The molecule has 0 radical (unpaired) electrons. The number of pyridine rings is 1. The van der Waals surface area contributed by atoms with E-state index in [1.807, 2.05) is 0 Å². The maximum absolute atomic E-state index is 12.5. The molecule has 0 saturated carbocycles. The fourth-order valence-electron chi connectivity index (χ4n) is 2.90. The molecule has 1 aromatic carbocycles. The number of fused-ring (bicyclic) bond motifs is 3. The van der Waals surface area contributed by atoms with E-state index in [0.717, 1.165) is 12.1 Å². The van der Waals surface area contributed by atoms with Gasteiger partial charge in [-0.15, -0.1) is 0 Å². The van der Waals surface area contributed by atoms with E-state index in [-0.39, 0.29) is 38.0 Å². The summed E-state index contributed by atoms with van der Waals surface area (Å²) in [4.78, 5) is 38.3. The third-order valence-electron chi connectivity index (χ3n) is 3.96. The number of carboxylic acid groups (broad SMARTS) is 3. The lowest BCUT2D eigenvalue weighted by atomic mass is 10.0. The summed E-state index contributed by atoms with van der Waals surface area (Å²) in [6, 6.07) is 1.80. The van der Waals surface area contributed by atoms with Crippen LogP contribution in [-0.2, 0) is 0 Å². The lowest BCUT2D eigenvalue weighted by molar-refractivity contribution is 0.0676. The van der Waals surface area contributed by atoms with Crippen LogP contribution >= 0.6 is 0 Å². The molecule has 27 heavy (non-hydrogen) atoms. The molecule has 3 aromatic rings. The molecule has 2 heterocycles. The van der Waals surface area contributed by atoms with Gasteiger partial charge in [0.15, 0.2) is 11.5 Å². The van der Waals surface area contributed by atoms with E-state index in [4.69, 9.17) is 9.47 Å². The Morgan fingerprint density at radius 1 is 1.00 bits per heavy atom. The number of nitrogens with zero attached hydrogens (tertiary/aromatic N) is 2. The largest absolute Gasteiger partial charge is 0.805 e. The lowest BCUT2D eigenvalue weighted by Gasteiger charge is -2.18. The Labute approximate surface area is 149 Å². The van der Waals surface area contributed by atoms with Crippen LogP contribution in [0.15, 0.2) is 12.1 Å². The smallest absolute Gasteiger partial charge is 0.354 e. The first-order chi connectivity index (χ1) is 12.7. The standard InChI is InChI=1S/C16H11N2O9/c1-26-12-6-4-8(16(23)24)18(25)11(6)9-5(14(19)20)3-7(15(21)22)17-10(9)13(12)27-2/h3-4H,1-2H3,(H,19,20)(H,21,22)(H,23,24)/q-1. The first kappa shape index (κ1) is 17.8. The van der Waals surface area contributed by atoms with Crippen LogP contribution in [0.2, 0.25) is 0 Å². The monoisotopic (exact) mass is 375 g/mol. The highest BCUT2D eigenvalue weighted by Crippen LogP contribution is 2.45. The van der Waals surface area contributed by atoms with Crippen LogP contribution in [0.4, 0.5) is 0 Å². The molecule has 0 amide bonds. The molecule has 140 valence electrons. The van der Waals surface area contributed by atoms with Gasteiger partial charge in [-0.05, 0) is 12.1 Å². The second-order valence-electron chi connectivity index (χ2n) is 5.35. The molecule has 0 atom stereocenters. The number of hydrogen-bond donors (Lipinski definition) is 3. The predicted octanol–water partition coefficient (Wildman–Crippen LogP) is 1.65. The average molecular weight is 375 g/mol. The highest BCUT2D eigenvalue weighted by Gasteiger charge is 2.27. The van der Waals surface area contributed by atoms with E-state index in [1.54, 1.807) is 0 Å². The molecule has 11 heteroatoms. The molecule has 11 nitrogen and oxygen atoms in total. The lowest BCUT2D eigenvalue weighted by Crippen LogP contribution is -2.09. The third kappa shape index (κ3) is 2.44. The second-order valence-corrected chi connectivity index (χ2v) is 5.35. The number of benzene rings is 1. The van der Waals surface area contributed by atoms with Crippen LogP contribution in [0.3, 0.4) is 0 Å². The van der Waals surface area contributed by atoms with E-state index in [0.29, 0.717) is 0 Å². The molecule has 0 aliphatic rings. The van der Waals surface area contributed by atoms with Gasteiger partial charge in [0.1, 0.15) is 16.9 Å². The second kappa shape index (κ2) is 6.05. The minimum absolute atomic E-state index is 0.0124. The van der Waals surface area contributed by atoms with Crippen molar-refractivity contribution < 1.29 is 39.2 Å². The molecule has 0 bridgehead atoms. The Hall–Kier alpha value is -4.02. The average Bonchev–Trinajstić information content (AvgIpc) is 2.96. The van der Waals surface area contributed by atoms with Gasteiger partial charge in [-0.25, -0.2) is 19.4 Å². The van der Waals surface area contributed by atoms with Crippen molar-refractivity contribution in [3.8, 4) is 11.5 Å². The number of methoxy groups -OCH3 is 2. The van der Waals surface area contributed by atoms with Crippen LogP contribution in [0.1, 0.15) is 31.3 Å². The summed E-state index contributed by atoms with van der Waals surface area (Å²) in [7, 11) is 2.44. The van der Waals surface area contributed by atoms with Crippen LogP contribution in [0, 0.1) is 5.21 Å². The van der Waals surface area contributed by atoms with Gasteiger partial charge in [-0.1, -0.05) is 0 Å². The van der Waals surface area contributed by atoms with E-state index >= 15 is 0 Å². The normalized spacial score (nSPS) is 10.9. The summed E-state index contributed by atoms with van der Waals surface area (Å²) in [5, 5.41) is 40.2. The first-order valence-electron chi connectivity index (χ1n) is 7.24. The van der Waals surface area contributed by atoms with Gasteiger partial charge < -0.3 is 34.7 Å². The molecule has 2 aromatic heterocycles. The van der Waals surface area contributed by atoms with Crippen LogP contribution in [-0.4, -0.2) is 57.2 Å². The topological polar surface area (TPSA) is 171 Å². The van der Waals surface area contributed by atoms with Crippen molar-refractivity contribution in [3.05, 3.63) is 34.3 Å². The number of carbonyl (C=O) groups is 3. The van der Waals surface area contributed by atoms with Gasteiger partial charge in [0.25, 0.3) is 0 Å². The number of hydrogen-bond acceptors (Lipinski definition) is 7. The van der Waals surface area contributed by atoms with Crippen molar-refractivity contribution in [3.63, 3.8) is 0 Å². The summed E-state index contributed by atoms with van der Waals surface area (Å²) in [5.41, 5.74) is -2.40. The minimum atomic E-state index is -1.54. The number of carboxylic acids is 3. The molecule has 0 aliphatic carbocycles. The Kier molecular flexibility index (Phi) is 3.99. The SMILES string of the molecule is COc1c(OC)c2nc(C(=O)O)cc(C(=O)O)c2c2c1cc(C(=O)O)n2[O-]. The Bertz CT molecular complexity index is 1150. The summed E-state index contributed by atoms with van der Waals surface area (Å²) in [6.07, 6.45) is 0. The Morgan fingerprint density at radius 2 is 1.63 bits per heavy atom. The fourth-order valence-corrected chi connectivity index (χ4v) is 2.90. The zero-order valence-electron chi connectivity index (χ0n) is 13.8. The fraction of sp³-hybridized carbons (Fsp3) is 0.125. The third-order valence-corrected chi connectivity index (χ3v) is 3.96. The van der Waals surface area contributed by atoms with E-state index in [9.17, 15) is 34.9 Å². The molecule has 3 rings (SSSR count). The van der Waals surface area contributed by atoms with Gasteiger partial charge in [-0.3, -0.25) is 0 Å². The highest BCUT2D eigenvalue weighted by atomic mass is 16.5. The summed E-state index contributed by atoms with van der Waals surface area (Å²) in [5.74, 6) is -4.78. The number of aromatic nitrogens is 2. The minimum Gasteiger partial charge on any atom is -0.805 e. The summed E-state index contributed by atoms with van der Waals surface area (Å²) in [6.45, 7) is 0. The number of aromatic carboxylic acids is 3. The van der Waals surface area contributed by atoms with Crippen LogP contribution in [0.5, 0.6) is 11.5 Å².